The average molecular weight is 335 g/mol. The van der Waals surface area contributed by atoms with E-state index in [0.717, 1.165) is 6.07 Å². The largest absolute Gasteiger partial charge is 0.322 e. The maximum absolute atomic E-state index is 13.8. The fourth-order valence-electron chi connectivity index (χ4n) is 1.54. The van der Waals surface area contributed by atoms with Gasteiger partial charge in [-0.1, -0.05) is 0 Å². The van der Waals surface area contributed by atoms with E-state index in [0.29, 0.717) is 6.07 Å². The summed E-state index contributed by atoms with van der Waals surface area (Å²) in [5, 5.41) is 2.11. The van der Waals surface area contributed by atoms with Gasteiger partial charge < -0.3 is 11.1 Å². The van der Waals surface area contributed by atoms with Crippen LogP contribution in [0.15, 0.2) is 17.0 Å². The number of amides is 1. The van der Waals surface area contributed by atoms with E-state index >= 15 is 0 Å². The zero-order chi connectivity index (χ0) is 17.3. The molecular formula is C13H19F2N3O3S. The van der Waals surface area contributed by atoms with Gasteiger partial charge in [0.2, 0.25) is 15.9 Å². The number of benzene rings is 1. The summed E-state index contributed by atoms with van der Waals surface area (Å²) in [5.41, 5.74) is 4.02. The van der Waals surface area contributed by atoms with E-state index in [9.17, 15) is 22.0 Å². The number of nitrogens with one attached hydrogen (secondary N) is 2. The van der Waals surface area contributed by atoms with Crippen LogP contribution in [0.25, 0.3) is 0 Å². The molecule has 0 radical (unpaired) electrons. The summed E-state index contributed by atoms with van der Waals surface area (Å²) in [6.07, 6.45) is 0. The predicted octanol–water partition coefficient (Wildman–Crippen LogP) is 1.33. The fraction of sp³-hybridized carbons (Fsp3) is 0.462. The number of nitrogens with two attached hydrogens (primary N) is 1. The van der Waals surface area contributed by atoms with E-state index in [1.165, 1.54) is 6.92 Å². The lowest BCUT2D eigenvalue weighted by Crippen LogP contribution is -2.40. The summed E-state index contributed by atoms with van der Waals surface area (Å²) in [7, 11) is -4.22. The summed E-state index contributed by atoms with van der Waals surface area (Å²) < 4.78 is 54.0. The number of carbonyl (C=O) groups is 1. The highest BCUT2D eigenvalue weighted by atomic mass is 32.2. The second kappa shape index (κ2) is 6.27. The van der Waals surface area contributed by atoms with E-state index in [4.69, 9.17) is 5.73 Å². The van der Waals surface area contributed by atoms with Crippen molar-refractivity contribution < 1.29 is 22.0 Å². The van der Waals surface area contributed by atoms with Crippen molar-refractivity contribution in [1.29, 1.82) is 0 Å². The van der Waals surface area contributed by atoms with Crippen molar-refractivity contribution in [1.82, 2.24) is 4.72 Å². The lowest BCUT2D eigenvalue weighted by molar-refractivity contribution is -0.117. The SMILES string of the molecule is C[C@H](N)C(=O)Nc1cc(S(=O)(=O)NC(C)(C)C)c(F)cc1F. The molecule has 1 rings (SSSR count). The first-order valence-corrected chi connectivity index (χ1v) is 7.91. The van der Waals surface area contributed by atoms with Crippen LogP contribution in [0.3, 0.4) is 0 Å². The molecule has 0 heterocycles. The highest BCUT2D eigenvalue weighted by molar-refractivity contribution is 7.89. The number of carbonyl (C=O) groups excluding carboxylic acids is 1. The number of halogens is 2. The van der Waals surface area contributed by atoms with Crippen LogP contribution >= 0.6 is 0 Å². The number of hydrogen-bond acceptors (Lipinski definition) is 4. The lowest BCUT2D eigenvalue weighted by Gasteiger charge is -2.21. The number of rotatable bonds is 4. The minimum absolute atomic E-state index is 0.397. The first-order chi connectivity index (χ1) is 9.83. The van der Waals surface area contributed by atoms with E-state index in [2.05, 4.69) is 10.0 Å². The summed E-state index contributed by atoms with van der Waals surface area (Å²) in [6.45, 7) is 6.09. The Balaban J connectivity index is 3.30. The minimum atomic E-state index is -4.22. The van der Waals surface area contributed by atoms with Gasteiger partial charge in [0.1, 0.15) is 16.5 Å². The summed E-state index contributed by atoms with van der Waals surface area (Å²) in [5.74, 6) is -3.08. The van der Waals surface area contributed by atoms with Crippen LogP contribution < -0.4 is 15.8 Å². The van der Waals surface area contributed by atoms with Gasteiger partial charge in [-0.15, -0.1) is 0 Å². The van der Waals surface area contributed by atoms with E-state index in [1.54, 1.807) is 20.8 Å². The van der Waals surface area contributed by atoms with Gasteiger partial charge in [0.15, 0.2) is 0 Å². The minimum Gasteiger partial charge on any atom is -0.322 e. The molecule has 1 atom stereocenters. The molecule has 0 aliphatic rings. The Kier molecular flexibility index (Phi) is 5.26. The molecule has 9 heteroatoms. The van der Waals surface area contributed by atoms with Crippen molar-refractivity contribution in [3.63, 3.8) is 0 Å². The van der Waals surface area contributed by atoms with Crippen LogP contribution in [0.1, 0.15) is 27.7 Å². The highest BCUT2D eigenvalue weighted by Gasteiger charge is 2.27. The second-order valence-corrected chi connectivity index (χ2v) is 7.55. The predicted molar refractivity (Wildman–Crippen MR) is 78.7 cm³/mol. The van der Waals surface area contributed by atoms with E-state index < -0.39 is 49.7 Å². The lowest BCUT2D eigenvalue weighted by atomic mass is 10.1. The highest BCUT2D eigenvalue weighted by Crippen LogP contribution is 2.24. The summed E-state index contributed by atoms with van der Waals surface area (Å²) in [6, 6.07) is 0.185. The molecule has 0 saturated carbocycles. The van der Waals surface area contributed by atoms with Crippen LogP contribution in [0.4, 0.5) is 14.5 Å². The van der Waals surface area contributed by atoms with Gasteiger partial charge in [-0.3, -0.25) is 4.79 Å². The van der Waals surface area contributed by atoms with E-state index in [-0.39, 0.29) is 0 Å². The van der Waals surface area contributed by atoms with E-state index in [1.807, 2.05) is 0 Å². The summed E-state index contributed by atoms with van der Waals surface area (Å²) in [4.78, 5) is 10.7. The number of sulfonamides is 1. The molecule has 22 heavy (non-hydrogen) atoms. The van der Waals surface area contributed by atoms with Gasteiger partial charge in [-0.2, -0.15) is 0 Å². The van der Waals surface area contributed by atoms with Crippen molar-refractivity contribution in [3.05, 3.63) is 23.8 Å². The molecule has 0 saturated heterocycles. The molecule has 0 unspecified atom stereocenters. The molecule has 1 aromatic carbocycles. The number of hydrogen-bond donors (Lipinski definition) is 3. The van der Waals surface area contributed by atoms with Crippen molar-refractivity contribution in [2.24, 2.45) is 5.73 Å². The van der Waals surface area contributed by atoms with Crippen molar-refractivity contribution in [2.45, 2.75) is 44.2 Å². The number of anilines is 1. The zero-order valence-electron chi connectivity index (χ0n) is 12.7. The Labute approximate surface area is 128 Å². The summed E-state index contributed by atoms with van der Waals surface area (Å²) >= 11 is 0. The smallest absolute Gasteiger partial charge is 0.244 e. The Bertz CT molecular complexity index is 683. The molecule has 124 valence electrons. The Morgan fingerprint density at radius 2 is 1.77 bits per heavy atom. The van der Waals surface area contributed by atoms with Gasteiger partial charge >= 0.3 is 0 Å². The maximum atomic E-state index is 13.8. The van der Waals surface area contributed by atoms with Gasteiger partial charge in [-0.25, -0.2) is 21.9 Å². The molecule has 1 aromatic rings. The molecule has 0 aliphatic heterocycles. The molecule has 4 N–H and O–H groups in total. The van der Waals surface area contributed by atoms with Gasteiger partial charge in [-0.05, 0) is 33.8 Å². The third-order valence-corrected chi connectivity index (χ3v) is 4.20. The molecular weight excluding hydrogens is 316 g/mol. The Hall–Kier alpha value is -1.58. The van der Waals surface area contributed by atoms with Gasteiger partial charge in [0, 0.05) is 11.6 Å². The van der Waals surface area contributed by atoms with Crippen LogP contribution in [0.2, 0.25) is 0 Å². The second-order valence-electron chi connectivity index (χ2n) is 5.90. The van der Waals surface area contributed by atoms with Gasteiger partial charge in [0.05, 0.1) is 11.7 Å². The average Bonchev–Trinajstić information content (AvgIpc) is 2.28. The topological polar surface area (TPSA) is 101 Å². The molecule has 1 amide bonds. The third-order valence-electron chi connectivity index (χ3n) is 2.42. The normalized spacial score (nSPS) is 13.8. The molecule has 6 nitrogen and oxygen atoms in total. The van der Waals surface area contributed by atoms with Crippen molar-refractivity contribution in [2.75, 3.05) is 5.32 Å². The van der Waals surface area contributed by atoms with Crippen LogP contribution in [0.5, 0.6) is 0 Å². The zero-order valence-corrected chi connectivity index (χ0v) is 13.5. The molecule has 0 aliphatic carbocycles. The Morgan fingerprint density at radius 1 is 1.23 bits per heavy atom. The van der Waals surface area contributed by atoms with Crippen molar-refractivity contribution in [3.8, 4) is 0 Å². The maximum Gasteiger partial charge on any atom is 0.244 e. The first kappa shape index (κ1) is 18.5. The molecule has 0 aromatic heterocycles. The van der Waals surface area contributed by atoms with Crippen LogP contribution in [0, 0.1) is 11.6 Å². The fourth-order valence-corrected chi connectivity index (χ4v) is 3.04. The van der Waals surface area contributed by atoms with Crippen LogP contribution in [-0.2, 0) is 14.8 Å². The van der Waals surface area contributed by atoms with Gasteiger partial charge in [0.25, 0.3) is 0 Å². The monoisotopic (exact) mass is 335 g/mol. The van der Waals surface area contributed by atoms with Crippen LogP contribution in [-0.4, -0.2) is 25.9 Å². The quantitative estimate of drug-likeness (QED) is 0.772. The third kappa shape index (κ3) is 4.72. The molecule has 0 fully saturated rings. The first-order valence-electron chi connectivity index (χ1n) is 6.43. The molecule has 0 bridgehead atoms. The standard InChI is InChI=1S/C13H19F2N3O3S/c1-7(16)12(19)17-10-6-11(9(15)5-8(10)14)22(20,21)18-13(2,3)4/h5-7,18H,16H2,1-4H3,(H,17,19)/t7-/m0/s1. The Morgan fingerprint density at radius 3 is 2.23 bits per heavy atom. The van der Waals surface area contributed by atoms with Crippen molar-refractivity contribution >= 4 is 21.6 Å². The molecule has 0 spiro atoms.